The summed E-state index contributed by atoms with van der Waals surface area (Å²) in [7, 11) is -3.84. The van der Waals surface area contributed by atoms with Crippen molar-refractivity contribution in [3.63, 3.8) is 0 Å². The molecule has 2 rings (SSSR count). The molecule has 2 aromatic carbocycles. The molecule has 0 radical (unpaired) electrons. The quantitative estimate of drug-likeness (QED) is 0.820. The average Bonchev–Trinajstić information content (AvgIpc) is 2.42. The molecule has 21 heavy (non-hydrogen) atoms. The van der Waals surface area contributed by atoms with Gasteiger partial charge in [-0.3, -0.25) is 4.72 Å². The lowest BCUT2D eigenvalue weighted by Crippen LogP contribution is -2.13. The maximum Gasteiger partial charge on any atom is 0.261 e. The van der Waals surface area contributed by atoms with Crippen molar-refractivity contribution in [3.8, 4) is 6.07 Å². The number of sulfonamides is 1. The molecule has 0 spiro atoms. The molecule has 0 bridgehead atoms. The third-order valence-corrected chi connectivity index (χ3v) is 5.03. The smallest absolute Gasteiger partial charge is 0.261 e. The largest absolute Gasteiger partial charge is 0.278 e. The second-order valence-electron chi connectivity index (χ2n) is 3.98. The van der Waals surface area contributed by atoms with E-state index in [1.54, 1.807) is 12.1 Å². The molecule has 0 saturated heterocycles. The number of hydrogen-bond donors (Lipinski definition) is 1. The predicted octanol–water partition coefficient (Wildman–Crippen LogP) is 4.43. The molecule has 0 saturated carbocycles. The summed E-state index contributed by atoms with van der Waals surface area (Å²) in [4.78, 5) is -0.0505. The van der Waals surface area contributed by atoms with Gasteiger partial charge >= 0.3 is 0 Å². The summed E-state index contributed by atoms with van der Waals surface area (Å²) in [5.74, 6) is 0. The number of nitriles is 1. The van der Waals surface area contributed by atoms with Crippen molar-refractivity contribution in [1.82, 2.24) is 0 Å². The monoisotopic (exact) mass is 404 g/mol. The van der Waals surface area contributed by atoms with Crippen molar-refractivity contribution in [2.45, 2.75) is 4.90 Å². The van der Waals surface area contributed by atoms with Gasteiger partial charge in [0.2, 0.25) is 0 Å². The zero-order valence-electron chi connectivity index (χ0n) is 10.3. The maximum absolute atomic E-state index is 12.3. The summed E-state index contributed by atoms with van der Waals surface area (Å²) in [6, 6.07) is 10.5. The van der Waals surface area contributed by atoms with Crippen LogP contribution in [0.15, 0.2) is 45.8 Å². The first-order chi connectivity index (χ1) is 9.83. The van der Waals surface area contributed by atoms with E-state index in [0.717, 1.165) is 4.47 Å². The molecule has 4 nitrogen and oxygen atoms in total. The zero-order chi connectivity index (χ0) is 15.6. The summed E-state index contributed by atoms with van der Waals surface area (Å²) in [5.41, 5.74) is 0.456. The molecule has 1 N–H and O–H groups in total. The van der Waals surface area contributed by atoms with Gasteiger partial charge in [0.05, 0.1) is 26.2 Å². The SMILES string of the molecule is N#Cc1ccc(S(=O)(=O)Nc2ccc(Br)cc2Cl)cc1Cl. The Morgan fingerprint density at radius 1 is 1.10 bits per heavy atom. The first-order valence-corrected chi connectivity index (χ1v) is 8.54. The molecule has 0 unspecified atom stereocenters. The van der Waals surface area contributed by atoms with E-state index >= 15 is 0 Å². The fourth-order valence-corrected chi connectivity index (χ4v) is 3.70. The third-order valence-electron chi connectivity index (χ3n) is 2.55. The summed E-state index contributed by atoms with van der Waals surface area (Å²) in [6.07, 6.45) is 0. The maximum atomic E-state index is 12.3. The van der Waals surface area contributed by atoms with Gasteiger partial charge in [-0.05, 0) is 36.4 Å². The van der Waals surface area contributed by atoms with Gasteiger partial charge in [0, 0.05) is 4.47 Å². The Bertz CT molecular complexity index is 848. The summed E-state index contributed by atoms with van der Waals surface area (Å²) in [5, 5.41) is 9.12. The van der Waals surface area contributed by atoms with Crippen LogP contribution in [0.1, 0.15) is 5.56 Å². The van der Waals surface area contributed by atoms with Crippen LogP contribution in [0.3, 0.4) is 0 Å². The van der Waals surface area contributed by atoms with Crippen LogP contribution in [0.5, 0.6) is 0 Å². The van der Waals surface area contributed by atoms with Crippen LogP contribution in [-0.4, -0.2) is 8.42 Å². The standard InChI is InChI=1S/C13H7BrCl2N2O2S/c14-9-2-4-13(12(16)5-9)18-21(19,20)10-3-1-8(7-17)11(15)6-10/h1-6,18H. The van der Waals surface area contributed by atoms with E-state index < -0.39 is 10.0 Å². The normalized spacial score (nSPS) is 11.0. The van der Waals surface area contributed by atoms with Crippen molar-refractivity contribution in [2.24, 2.45) is 0 Å². The molecule has 0 aliphatic carbocycles. The van der Waals surface area contributed by atoms with Crippen LogP contribution in [0.2, 0.25) is 10.0 Å². The van der Waals surface area contributed by atoms with Gasteiger partial charge < -0.3 is 0 Å². The summed E-state index contributed by atoms with van der Waals surface area (Å²) in [6.45, 7) is 0. The lowest BCUT2D eigenvalue weighted by atomic mass is 10.2. The number of nitrogens with zero attached hydrogens (tertiary/aromatic N) is 1. The van der Waals surface area contributed by atoms with Gasteiger partial charge in [-0.1, -0.05) is 39.1 Å². The van der Waals surface area contributed by atoms with E-state index in [-0.39, 0.29) is 26.2 Å². The molecule has 8 heteroatoms. The number of anilines is 1. The van der Waals surface area contributed by atoms with Crippen molar-refractivity contribution >= 4 is 54.8 Å². The zero-order valence-corrected chi connectivity index (χ0v) is 14.2. The van der Waals surface area contributed by atoms with Gasteiger partial charge in [-0.2, -0.15) is 5.26 Å². The van der Waals surface area contributed by atoms with Crippen molar-refractivity contribution in [1.29, 1.82) is 5.26 Å². The van der Waals surface area contributed by atoms with Crippen LogP contribution in [0.25, 0.3) is 0 Å². The topological polar surface area (TPSA) is 70.0 Å². The average molecular weight is 406 g/mol. The Labute approximate surface area is 140 Å². The highest BCUT2D eigenvalue weighted by Gasteiger charge is 2.17. The van der Waals surface area contributed by atoms with E-state index in [1.165, 1.54) is 24.3 Å². The fourth-order valence-electron chi connectivity index (χ4n) is 1.53. The first-order valence-electron chi connectivity index (χ1n) is 5.51. The molecule has 0 heterocycles. The molecular weight excluding hydrogens is 399 g/mol. The Hall–Kier alpha value is -1.26. The Morgan fingerprint density at radius 3 is 2.38 bits per heavy atom. The summed E-state index contributed by atoms with van der Waals surface area (Å²) < 4.78 is 27.6. The third kappa shape index (κ3) is 3.69. The van der Waals surface area contributed by atoms with E-state index in [0.29, 0.717) is 0 Å². The number of rotatable bonds is 3. The molecule has 2 aromatic rings. The van der Waals surface area contributed by atoms with Crippen LogP contribution >= 0.6 is 39.1 Å². The fraction of sp³-hybridized carbons (Fsp3) is 0. The highest BCUT2D eigenvalue weighted by Crippen LogP contribution is 2.28. The van der Waals surface area contributed by atoms with Gasteiger partial charge in [0.15, 0.2) is 0 Å². The van der Waals surface area contributed by atoms with Gasteiger partial charge in [-0.15, -0.1) is 0 Å². The molecule has 0 fully saturated rings. The minimum absolute atomic E-state index is 0.0505. The van der Waals surface area contributed by atoms with E-state index in [2.05, 4.69) is 20.7 Å². The van der Waals surface area contributed by atoms with E-state index in [1.807, 2.05) is 6.07 Å². The summed E-state index contributed by atoms with van der Waals surface area (Å²) >= 11 is 15.1. The van der Waals surface area contributed by atoms with Gasteiger partial charge in [-0.25, -0.2) is 8.42 Å². The van der Waals surface area contributed by atoms with Gasteiger partial charge in [0.25, 0.3) is 10.0 Å². The van der Waals surface area contributed by atoms with E-state index in [9.17, 15) is 8.42 Å². The number of hydrogen-bond acceptors (Lipinski definition) is 3. The Balaban J connectivity index is 2.39. The molecule has 0 aromatic heterocycles. The van der Waals surface area contributed by atoms with Crippen molar-refractivity contribution < 1.29 is 8.42 Å². The number of halogens is 3. The molecule has 0 amide bonds. The first kappa shape index (κ1) is 16.1. The highest BCUT2D eigenvalue weighted by atomic mass is 79.9. The van der Waals surface area contributed by atoms with Gasteiger partial charge in [0.1, 0.15) is 6.07 Å². The van der Waals surface area contributed by atoms with Crippen LogP contribution in [0.4, 0.5) is 5.69 Å². The molecule has 0 atom stereocenters. The molecular formula is C13H7BrCl2N2O2S. The Morgan fingerprint density at radius 2 is 1.81 bits per heavy atom. The molecule has 0 aliphatic heterocycles. The number of nitrogens with one attached hydrogen (secondary N) is 1. The highest BCUT2D eigenvalue weighted by molar-refractivity contribution is 9.10. The lowest BCUT2D eigenvalue weighted by molar-refractivity contribution is 0.601. The number of benzene rings is 2. The van der Waals surface area contributed by atoms with Crippen LogP contribution < -0.4 is 4.72 Å². The van der Waals surface area contributed by atoms with Crippen LogP contribution in [-0.2, 0) is 10.0 Å². The van der Waals surface area contributed by atoms with Crippen molar-refractivity contribution in [3.05, 3.63) is 56.5 Å². The van der Waals surface area contributed by atoms with Crippen molar-refractivity contribution in [2.75, 3.05) is 4.72 Å². The minimum Gasteiger partial charge on any atom is -0.278 e. The second-order valence-corrected chi connectivity index (χ2v) is 7.40. The predicted molar refractivity (Wildman–Crippen MR) is 86.1 cm³/mol. The molecule has 108 valence electrons. The lowest BCUT2D eigenvalue weighted by Gasteiger charge is -2.10. The minimum atomic E-state index is -3.84. The Kier molecular flexibility index (Phi) is 4.79. The van der Waals surface area contributed by atoms with Crippen LogP contribution in [0, 0.1) is 11.3 Å². The van der Waals surface area contributed by atoms with E-state index in [4.69, 9.17) is 28.5 Å². The molecule has 0 aliphatic rings. The second kappa shape index (κ2) is 6.24.